The molecule has 0 atom stereocenters. The molecule has 0 spiro atoms. The first kappa shape index (κ1) is 28.2. The van der Waals surface area contributed by atoms with Gasteiger partial charge in [0, 0.05) is 38.9 Å². The summed E-state index contributed by atoms with van der Waals surface area (Å²) in [6.07, 6.45) is -0.704. The van der Waals surface area contributed by atoms with E-state index in [1.807, 2.05) is 14.2 Å². The summed E-state index contributed by atoms with van der Waals surface area (Å²) < 4.78 is 80.5. The zero-order chi connectivity index (χ0) is 23.3. The third-order valence-electron chi connectivity index (χ3n) is 3.93. The summed E-state index contributed by atoms with van der Waals surface area (Å²) in [5.74, 6) is 0. The Morgan fingerprint density at radius 1 is 0.633 bits per heavy atom. The number of nitrogens with one attached hydrogen (secondary N) is 3. The number of hydrogen-bond donors (Lipinski definition) is 3. The number of hydrogen-bond acceptors (Lipinski definition) is 9. The molecule has 30 heavy (non-hydrogen) atoms. The van der Waals surface area contributed by atoms with Crippen molar-refractivity contribution >= 4 is 30.1 Å². The van der Waals surface area contributed by atoms with E-state index in [2.05, 4.69) is 0 Å². The number of unbranched alkanes of at least 4 members (excludes halogenated alkanes) is 3. The van der Waals surface area contributed by atoms with Crippen LogP contribution in [0.25, 0.3) is 0 Å². The smallest absolute Gasteiger partial charge is 0.213 e. The molecule has 0 aliphatic rings. The predicted octanol–water partition coefficient (Wildman–Crippen LogP) is -0.280. The summed E-state index contributed by atoms with van der Waals surface area (Å²) >= 11 is 0. The second-order valence-electron chi connectivity index (χ2n) is 6.01. The van der Waals surface area contributed by atoms with Crippen LogP contribution in [-0.4, -0.2) is 48.3 Å². The Morgan fingerprint density at radius 3 is 1.10 bits per heavy atom. The van der Waals surface area contributed by atoms with Gasteiger partial charge in [-0.25, -0.2) is 39.4 Å². The lowest BCUT2D eigenvalue weighted by molar-refractivity contribution is 0.524. The van der Waals surface area contributed by atoms with Gasteiger partial charge in [0.1, 0.15) is 0 Å². The summed E-state index contributed by atoms with van der Waals surface area (Å²) in [6, 6.07) is 5.39. The van der Waals surface area contributed by atoms with Crippen molar-refractivity contribution in [2.75, 3.05) is 19.6 Å². The molecule has 0 aromatic carbocycles. The van der Waals surface area contributed by atoms with Crippen LogP contribution < -0.4 is 14.2 Å². The Kier molecular flexibility index (Phi) is 12.0. The van der Waals surface area contributed by atoms with Crippen molar-refractivity contribution in [3.8, 4) is 18.2 Å². The van der Waals surface area contributed by atoms with Gasteiger partial charge >= 0.3 is 3.41 Å². The highest BCUT2D eigenvalue weighted by Crippen LogP contribution is 2.33. The van der Waals surface area contributed by atoms with E-state index in [1.54, 1.807) is 18.2 Å². The van der Waals surface area contributed by atoms with Crippen LogP contribution in [0.1, 0.15) is 51.9 Å². The van der Waals surface area contributed by atoms with E-state index in [4.69, 9.17) is 15.8 Å². The Bertz CT molecular complexity index is 861. The van der Waals surface area contributed by atoms with Crippen LogP contribution >= 0.6 is 0 Å². The van der Waals surface area contributed by atoms with Crippen LogP contribution in [0.5, 0.6) is 0 Å². The van der Waals surface area contributed by atoms with Crippen LogP contribution in [0.3, 0.4) is 0 Å². The lowest BCUT2D eigenvalue weighted by Gasteiger charge is -2.31. The fourth-order valence-corrected chi connectivity index (χ4v) is 10.0. The highest BCUT2D eigenvalue weighted by Gasteiger charge is 2.64. The van der Waals surface area contributed by atoms with Crippen LogP contribution in [0, 0.1) is 34.0 Å². The highest BCUT2D eigenvalue weighted by atomic mass is 32.3. The summed E-state index contributed by atoms with van der Waals surface area (Å²) in [6.45, 7) is 0.125. The van der Waals surface area contributed by atoms with E-state index in [0.29, 0.717) is 0 Å². The van der Waals surface area contributed by atoms with Gasteiger partial charge in [-0.2, -0.15) is 15.8 Å². The molecule has 0 rings (SSSR count). The zero-order valence-corrected chi connectivity index (χ0v) is 19.0. The molecule has 15 heteroatoms. The minimum atomic E-state index is -5.01. The van der Waals surface area contributed by atoms with E-state index < -0.39 is 39.9 Å². The molecule has 3 N–H and O–H groups in total. The molecule has 0 bridgehead atoms. The molecular formula is C15H26N6O6S3. The van der Waals surface area contributed by atoms with Gasteiger partial charge < -0.3 is 0 Å². The first-order valence-corrected chi connectivity index (χ1v) is 13.5. The van der Waals surface area contributed by atoms with Crippen molar-refractivity contribution in [2.24, 2.45) is 0 Å². The molecule has 0 aliphatic carbocycles. The minimum absolute atomic E-state index is 0.0139. The van der Waals surface area contributed by atoms with Gasteiger partial charge in [0.25, 0.3) is 0 Å². The van der Waals surface area contributed by atoms with Gasteiger partial charge in [-0.3, -0.25) is 0 Å². The molecule has 0 saturated carbocycles. The molecule has 0 radical (unpaired) electrons. The number of rotatable bonds is 16. The summed E-state index contributed by atoms with van der Waals surface area (Å²) in [5, 5.41) is 25.7. The fraction of sp³-hybridized carbons (Fsp3) is 0.800. The standard InChI is InChI=1S/C15H26N6O6S3/c1-2-15(28(22,23)19-12-6-3-9-16,29(24,25)20-13-7-4-10-17)30(26,27)21-14-8-5-11-18/h19-21H,2-8,12-14H2,1H3. The lowest BCUT2D eigenvalue weighted by atomic mass is 10.3. The average Bonchev–Trinajstić information content (AvgIpc) is 2.66. The molecule has 0 unspecified atom stereocenters. The molecule has 0 aromatic rings. The number of nitriles is 3. The monoisotopic (exact) mass is 482 g/mol. The van der Waals surface area contributed by atoms with Crippen LogP contribution in [0.4, 0.5) is 0 Å². The molecule has 0 fully saturated rings. The van der Waals surface area contributed by atoms with Crippen molar-refractivity contribution in [3.05, 3.63) is 0 Å². The van der Waals surface area contributed by atoms with Crippen molar-refractivity contribution in [3.63, 3.8) is 0 Å². The summed E-state index contributed by atoms with van der Waals surface area (Å²) in [7, 11) is -15.0. The third-order valence-corrected chi connectivity index (χ3v) is 13.0. The van der Waals surface area contributed by atoms with E-state index >= 15 is 0 Å². The molecular weight excluding hydrogens is 456 g/mol. The average molecular weight is 483 g/mol. The number of sulfonamides is 3. The first-order chi connectivity index (χ1) is 14.0. The maximum absolute atomic E-state index is 13.0. The van der Waals surface area contributed by atoms with Gasteiger partial charge in [0.15, 0.2) is 0 Å². The van der Waals surface area contributed by atoms with Crippen LogP contribution in [0.2, 0.25) is 0 Å². The van der Waals surface area contributed by atoms with Gasteiger partial charge in [0.05, 0.1) is 18.2 Å². The highest BCUT2D eigenvalue weighted by molar-refractivity contribution is 8.24. The Balaban J connectivity index is 6.19. The summed E-state index contributed by atoms with van der Waals surface area (Å²) in [5.41, 5.74) is 0. The predicted molar refractivity (Wildman–Crippen MR) is 108 cm³/mol. The van der Waals surface area contributed by atoms with E-state index in [-0.39, 0.29) is 58.2 Å². The molecule has 0 amide bonds. The van der Waals surface area contributed by atoms with Gasteiger partial charge in [-0.15, -0.1) is 0 Å². The van der Waals surface area contributed by atoms with Crippen LogP contribution in [-0.2, 0) is 30.1 Å². The van der Waals surface area contributed by atoms with Crippen molar-refractivity contribution in [2.45, 2.75) is 55.3 Å². The van der Waals surface area contributed by atoms with Gasteiger partial charge in [0.2, 0.25) is 30.1 Å². The van der Waals surface area contributed by atoms with Gasteiger partial charge in [-0.1, -0.05) is 6.92 Å². The second-order valence-corrected chi connectivity index (χ2v) is 12.8. The number of nitrogens with zero attached hydrogens (tertiary/aromatic N) is 3. The molecule has 170 valence electrons. The Hall–Kier alpha value is -1.80. The largest absolute Gasteiger partial charge is 0.312 e. The molecule has 0 saturated heterocycles. The SMILES string of the molecule is CCC(S(=O)(=O)NCCCC#N)(S(=O)(=O)NCCCC#N)S(=O)(=O)NCCCC#N. The third kappa shape index (κ3) is 6.87. The molecule has 0 aliphatic heterocycles. The van der Waals surface area contributed by atoms with E-state index in [9.17, 15) is 25.3 Å². The molecule has 0 aromatic heterocycles. The normalized spacial score (nSPS) is 12.6. The van der Waals surface area contributed by atoms with Crippen LogP contribution in [0.15, 0.2) is 0 Å². The lowest BCUT2D eigenvalue weighted by Crippen LogP contribution is -2.63. The maximum Gasteiger partial charge on any atom is 0.312 e. The quantitative estimate of drug-likeness (QED) is 0.246. The van der Waals surface area contributed by atoms with Crippen molar-refractivity contribution in [1.29, 1.82) is 15.8 Å². The van der Waals surface area contributed by atoms with Crippen molar-refractivity contribution in [1.82, 2.24) is 14.2 Å². The van der Waals surface area contributed by atoms with Gasteiger partial charge in [-0.05, 0) is 25.7 Å². The van der Waals surface area contributed by atoms with E-state index in [1.165, 1.54) is 0 Å². The van der Waals surface area contributed by atoms with E-state index in [0.717, 1.165) is 6.92 Å². The van der Waals surface area contributed by atoms with Crippen molar-refractivity contribution < 1.29 is 25.3 Å². The first-order valence-electron chi connectivity index (χ1n) is 9.08. The second kappa shape index (κ2) is 12.8. The maximum atomic E-state index is 13.0. The minimum Gasteiger partial charge on any atom is -0.213 e. The summed E-state index contributed by atoms with van der Waals surface area (Å²) in [4.78, 5) is 0. The fourth-order valence-electron chi connectivity index (χ4n) is 2.46. The Morgan fingerprint density at radius 2 is 0.900 bits per heavy atom. The molecule has 0 heterocycles. The zero-order valence-electron chi connectivity index (χ0n) is 16.6. The Labute approximate surface area is 178 Å². The molecule has 12 nitrogen and oxygen atoms in total. The topological polar surface area (TPSA) is 210 Å².